The van der Waals surface area contributed by atoms with Gasteiger partial charge in [-0.15, -0.1) is 0 Å². The van der Waals surface area contributed by atoms with Gasteiger partial charge in [0.05, 0.1) is 52.8 Å². The van der Waals surface area contributed by atoms with Gasteiger partial charge in [-0.05, 0) is 79.8 Å². The molecule has 0 N–H and O–H groups in total. The number of rotatable bonds is 7. The third-order valence-corrected chi connectivity index (χ3v) is 7.22. The van der Waals surface area contributed by atoms with E-state index in [9.17, 15) is 10.5 Å². The van der Waals surface area contributed by atoms with Gasteiger partial charge >= 0.3 is 0 Å². The quantitative estimate of drug-likeness (QED) is 0.242. The Morgan fingerprint density at radius 3 is 1.52 bits per heavy atom. The summed E-state index contributed by atoms with van der Waals surface area (Å²) >= 11 is 0. The predicted molar refractivity (Wildman–Crippen MR) is 162 cm³/mol. The van der Waals surface area contributed by atoms with E-state index in [2.05, 4.69) is 44.4 Å². The fourth-order valence-electron chi connectivity index (χ4n) is 4.46. The molecule has 5 aromatic rings. The second-order valence-corrected chi connectivity index (χ2v) is 11.2. The lowest BCUT2D eigenvalue weighted by atomic mass is 9.79. The normalized spacial score (nSPS) is 10.9. The number of benzene rings is 3. The number of hydrogen-bond donors (Lipinski definition) is 0. The summed E-state index contributed by atoms with van der Waals surface area (Å²) in [7, 11) is 0. The second-order valence-electron chi connectivity index (χ2n) is 11.2. The van der Waals surface area contributed by atoms with Crippen LogP contribution in [0.5, 0.6) is 0 Å². The van der Waals surface area contributed by atoms with Gasteiger partial charge in [0.25, 0.3) is 0 Å². The zero-order valence-electron chi connectivity index (χ0n) is 24.9. The minimum Gasteiger partial charge on any atom is -0.249 e. The van der Waals surface area contributed by atoms with Crippen molar-refractivity contribution >= 4 is 0 Å². The molecule has 0 saturated heterocycles. The molecule has 216 valence electrons. The lowest BCUT2D eigenvalue weighted by molar-refractivity contribution is 0.594. The molecule has 0 bridgehead atoms. The van der Waals surface area contributed by atoms with Crippen LogP contribution in [0.4, 0.5) is 0 Å². The Bertz CT molecular complexity index is 1750. The minimum absolute atomic E-state index is 0.150. The first-order chi connectivity index (χ1) is 21.1. The Labute approximate surface area is 256 Å². The molecule has 0 aliphatic heterocycles. The number of nitriles is 4. The maximum absolute atomic E-state index is 9.40. The van der Waals surface area contributed by atoms with Crippen LogP contribution >= 0.6 is 0 Å². The van der Waals surface area contributed by atoms with Crippen LogP contribution in [0.1, 0.15) is 72.7 Å². The van der Waals surface area contributed by atoms with E-state index in [1.807, 2.05) is 70.2 Å². The standard InChI is InChI=1S/C17H11N5.C17H19N5/c18-9-13-1-5-15(6-2-13)17(22-12-20-11-21-22)16-7-3-14(10-19)4-8-16;1-16(2,9-18)14-5-13(8-22-12-20-11-21-22)6-15(7-14)17(3,4)10-19/h1-8,11-12,17H;5-7,11-12H,8H2,1-4H3. The molecule has 10 heteroatoms. The molecule has 44 heavy (non-hydrogen) atoms. The van der Waals surface area contributed by atoms with Crippen LogP contribution in [-0.4, -0.2) is 29.5 Å². The molecule has 5 rings (SSSR count). The van der Waals surface area contributed by atoms with Gasteiger partial charge in [-0.25, -0.2) is 19.3 Å². The maximum Gasteiger partial charge on any atom is 0.137 e. The molecule has 3 aromatic carbocycles. The summed E-state index contributed by atoms with van der Waals surface area (Å²) in [5.41, 5.74) is 4.81. The highest BCUT2D eigenvalue weighted by atomic mass is 15.3. The Kier molecular flexibility index (Phi) is 9.29. The smallest absolute Gasteiger partial charge is 0.137 e. The van der Waals surface area contributed by atoms with Crippen molar-refractivity contribution in [2.45, 2.75) is 51.1 Å². The summed E-state index contributed by atoms with van der Waals surface area (Å²) in [4.78, 5) is 7.95. The van der Waals surface area contributed by atoms with E-state index in [1.165, 1.54) is 12.7 Å². The van der Waals surface area contributed by atoms with Gasteiger partial charge in [0.1, 0.15) is 31.4 Å². The van der Waals surface area contributed by atoms with E-state index >= 15 is 0 Å². The molecule has 0 radical (unpaired) electrons. The van der Waals surface area contributed by atoms with Crippen LogP contribution in [0.3, 0.4) is 0 Å². The van der Waals surface area contributed by atoms with E-state index in [-0.39, 0.29) is 6.04 Å². The van der Waals surface area contributed by atoms with Crippen molar-refractivity contribution in [1.82, 2.24) is 29.5 Å². The van der Waals surface area contributed by atoms with E-state index in [1.54, 1.807) is 46.3 Å². The monoisotopic (exact) mass is 578 g/mol. The van der Waals surface area contributed by atoms with Gasteiger partial charge in [-0.2, -0.15) is 31.2 Å². The maximum atomic E-state index is 9.40. The van der Waals surface area contributed by atoms with Crippen molar-refractivity contribution in [2.24, 2.45) is 0 Å². The summed E-state index contributed by atoms with van der Waals surface area (Å²) in [6.45, 7) is 8.08. The number of hydrogen-bond acceptors (Lipinski definition) is 8. The van der Waals surface area contributed by atoms with Gasteiger partial charge in [0.15, 0.2) is 0 Å². The van der Waals surface area contributed by atoms with Crippen LogP contribution < -0.4 is 0 Å². The zero-order chi connectivity index (χ0) is 31.7. The molecule has 0 aliphatic carbocycles. The first-order valence-electron chi connectivity index (χ1n) is 13.7. The Morgan fingerprint density at radius 2 is 1.14 bits per heavy atom. The average Bonchev–Trinajstić information content (AvgIpc) is 3.77. The van der Waals surface area contributed by atoms with Crippen LogP contribution in [0.2, 0.25) is 0 Å². The third-order valence-electron chi connectivity index (χ3n) is 7.22. The van der Waals surface area contributed by atoms with Crippen LogP contribution in [0.25, 0.3) is 0 Å². The summed E-state index contributed by atoms with van der Waals surface area (Å²) in [5.74, 6) is 0. The predicted octanol–water partition coefficient (Wildman–Crippen LogP) is 5.59. The Balaban J connectivity index is 0.000000201. The minimum atomic E-state index is -0.612. The van der Waals surface area contributed by atoms with Gasteiger partial charge in [0, 0.05) is 0 Å². The van der Waals surface area contributed by atoms with Crippen molar-refractivity contribution < 1.29 is 0 Å². The van der Waals surface area contributed by atoms with E-state index in [4.69, 9.17) is 10.5 Å². The van der Waals surface area contributed by atoms with Crippen LogP contribution in [0.15, 0.2) is 92.0 Å². The molecule has 0 atom stereocenters. The summed E-state index contributed by atoms with van der Waals surface area (Å²) < 4.78 is 3.48. The lowest BCUT2D eigenvalue weighted by Crippen LogP contribution is -2.20. The van der Waals surface area contributed by atoms with Crippen molar-refractivity contribution in [3.63, 3.8) is 0 Å². The highest BCUT2D eigenvalue weighted by Crippen LogP contribution is 2.31. The van der Waals surface area contributed by atoms with Crippen molar-refractivity contribution in [3.8, 4) is 24.3 Å². The molecule has 0 aliphatic rings. The average molecular weight is 579 g/mol. The molecule has 0 spiro atoms. The summed E-state index contributed by atoms with van der Waals surface area (Å²) in [5, 5.41) is 45.0. The van der Waals surface area contributed by atoms with E-state index < -0.39 is 10.8 Å². The first-order valence-corrected chi connectivity index (χ1v) is 13.7. The highest BCUT2D eigenvalue weighted by molar-refractivity contribution is 5.43. The molecule has 0 saturated carbocycles. The molecule has 2 heterocycles. The molecular weight excluding hydrogens is 548 g/mol. The molecule has 0 amide bonds. The molecule has 10 nitrogen and oxygen atoms in total. The molecular formula is C34H30N10. The number of aromatic nitrogens is 6. The van der Waals surface area contributed by atoms with Gasteiger partial charge in [-0.3, -0.25) is 0 Å². The first kappa shape index (κ1) is 30.8. The second kappa shape index (κ2) is 13.3. The SMILES string of the molecule is CC(C)(C#N)c1cc(Cn2cncn2)cc(C(C)(C)C#N)c1.N#Cc1ccc(C(c2ccc(C#N)cc2)n2cncn2)cc1. The van der Waals surface area contributed by atoms with Gasteiger partial charge in [-0.1, -0.05) is 42.5 Å². The van der Waals surface area contributed by atoms with Crippen LogP contribution in [-0.2, 0) is 17.4 Å². The third kappa shape index (κ3) is 7.21. The fraction of sp³-hybridized carbons (Fsp3) is 0.235. The lowest BCUT2D eigenvalue weighted by Gasteiger charge is -2.23. The Hall–Kier alpha value is -6.10. The summed E-state index contributed by atoms with van der Waals surface area (Å²) in [6, 6.07) is 29.4. The number of nitrogens with zero attached hydrogens (tertiary/aromatic N) is 10. The Morgan fingerprint density at radius 1 is 0.659 bits per heavy atom. The summed E-state index contributed by atoms with van der Waals surface area (Å²) in [6.07, 6.45) is 6.28. The fourth-order valence-corrected chi connectivity index (χ4v) is 4.46. The van der Waals surface area contributed by atoms with Gasteiger partial charge in [0.2, 0.25) is 0 Å². The van der Waals surface area contributed by atoms with Crippen molar-refractivity contribution in [2.75, 3.05) is 0 Å². The largest absolute Gasteiger partial charge is 0.249 e. The molecule has 2 aromatic heterocycles. The van der Waals surface area contributed by atoms with Crippen molar-refractivity contribution in [1.29, 1.82) is 21.0 Å². The van der Waals surface area contributed by atoms with Crippen molar-refractivity contribution in [3.05, 3.63) is 131 Å². The zero-order valence-corrected chi connectivity index (χ0v) is 24.9. The van der Waals surface area contributed by atoms with E-state index in [0.717, 1.165) is 27.8 Å². The van der Waals surface area contributed by atoms with Crippen LogP contribution in [0, 0.1) is 45.3 Å². The topological polar surface area (TPSA) is 157 Å². The molecule has 0 unspecified atom stereocenters. The van der Waals surface area contributed by atoms with Gasteiger partial charge < -0.3 is 0 Å². The van der Waals surface area contributed by atoms with E-state index in [0.29, 0.717) is 17.7 Å². The highest BCUT2D eigenvalue weighted by Gasteiger charge is 2.26. The molecule has 0 fully saturated rings.